The van der Waals surface area contributed by atoms with Crippen molar-refractivity contribution in [3.8, 4) is 0 Å². The van der Waals surface area contributed by atoms with Crippen molar-refractivity contribution in [3.63, 3.8) is 0 Å². The highest BCUT2D eigenvalue weighted by molar-refractivity contribution is 6.00. The molecule has 0 aromatic heterocycles. The molecule has 4 fully saturated rings. The second kappa shape index (κ2) is 24.9. The molecule has 9 N–H and O–H groups in total. The van der Waals surface area contributed by atoms with Gasteiger partial charge in [-0.1, -0.05) is 173 Å². The number of fused-ring (bicyclic) bond motifs is 3. The number of aryl methyl sites for hydroxylation is 3. The van der Waals surface area contributed by atoms with Crippen molar-refractivity contribution < 1.29 is 14.4 Å². The van der Waals surface area contributed by atoms with Crippen molar-refractivity contribution in [3.05, 3.63) is 232 Å². The predicted octanol–water partition coefficient (Wildman–Crippen LogP) is 14.7. The summed E-state index contributed by atoms with van der Waals surface area (Å²) in [6.07, 6.45) is 6.96. The third-order valence-corrected chi connectivity index (χ3v) is 16.3. The van der Waals surface area contributed by atoms with Crippen LogP contribution in [0.2, 0.25) is 0 Å². The first-order chi connectivity index (χ1) is 39.3. The third-order valence-electron chi connectivity index (χ3n) is 16.3. The smallest absolute Gasteiger partial charge is 0.252 e. The number of carbonyl (C=O) groups is 3. The molecule has 4 aliphatic rings. The molecular formula is C71H79N7O3. The highest BCUT2D eigenvalue weighted by Crippen LogP contribution is 2.50. The van der Waals surface area contributed by atoms with E-state index in [1.54, 1.807) is 12.1 Å². The van der Waals surface area contributed by atoms with Crippen LogP contribution in [-0.2, 0) is 16.6 Å². The van der Waals surface area contributed by atoms with Gasteiger partial charge in [0.15, 0.2) is 0 Å². The number of hydrogen-bond donors (Lipinski definition) is 7. The lowest BCUT2D eigenvalue weighted by Crippen LogP contribution is -2.51. The molecule has 10 nitrogen and oxygen atoms in total. The summed E-state index contributed by atoms with van der Waals surface area (Å²) in [5.74, 6) is -0.0824. The molecule has 0 radical (unpaired) electrons. The van der Waals surface area contributed by atoms with E-state index in [2.05, 4.69) is 142 Å². The molecule has 9 aromatic carbocycles. The average molecular weight is 1080 g/mol. The zero-order valence-corrected chi connectivity index (χ0v) is 48.1. The van der Waals surface area contributed by atoms with Crippen LogP contribution in [0.5, 0.6) is 0 Å². The van der Waals surface area contributed by atoms with Crippen LogP contribution in [0, 0.1) is 20.8 Å². The molecule has 0 spiro atoms. The summed E-state index contributed by atoms with van der Waals surface area (Å²) < 4.78 is 0. The van der Waals surface area contributed by atoms with Crippen LogP contribution in [0.4, 0.5) is 17.1 Å². The number of rotatable bonds is 11. The highest BCUT2D eigenvalue weighted by atomic mass is 16.2. The number of anilines is 3. The molecule has 1 aliphatic heterocycles. The van der Waals surface area contributed by atoms with Gasteiger partial charge in [-0.3, -0.25) is 14.4 Å². The fourth-order valence-electron chi connectivity index (χ4n) is 11.3. The summed E-state index contributed by atoms with van der Waals surface area (Å²) in [6.45, 7) is 15.8. The number of nitrogens with one attached hydrogen (secondary N) is 5. The molecule has 13 rings (SSSR count). The minimum absolute atomic E-state index is 0.0123. The topological polar surface area (TPSA) is 163 Å². The maximum Gasteiger partial charge on any atom is 0.252 e. The van der Waals surface area contributed by atoms with Crippen LogP contribution in [0.25, 0.3) is 32.3 Å². The predicted molar refractivity (Wildman–Crippen MR) is 337 cm³/mol. The molecule has 0 unspecified atom stereocenters. The van der Waals surface area contributed by atoms with Gasteiger partial charge in [-0.15, -0.1) is 0 Å². The van der Waals surface area contributed by atoms with Gasteiger partial charge in [0.2, 0.25) is 0 Å². The summed E-state index contributed by atoms with van der Waals surface area (Å²) in [7, 11) is 0. The molecule has 10 heteroatoms. The van der Waals surface area contributed by atoms with E-state index in [0.717, 1.165) is 86.0 Å². The fraction of sp³-hybridized carbons (Fsp3) is 0.282. The minimum Gasteiger partial charge on any atom is -0.399 e. The third kappa shape index (κ3) is 12.5. The molecule has 0 bridgehead atoms. The molecule has 3 aliphatic carbocycles. The van der Waals surface area contributed by atoms with Gasteiger partial charge in [0.05, 0.1) is 22.7 Å². The van der Waals surface area contributed by atoms with Crippen molar-refractivity contribution in [1.82, 2.24) is 21.3 Å². The van der Waals surface area contributed by atoms with Crippen molar-refractivity contribution in [2.75, 3.05) is 29.9 Å². The van der Waals surface area contributed by atoms with Crippen molar-refractivity contribution >= 4 is 67.1 Å². The zero-order chi connectivity index (χ0) is 57.3. The quantitative estimate of drug-likeness (QED) is 0.0634. The summed E-state index contributed by atoms with van der Waals surface area (Å²) in [5, 5.41) is 24.0. The maximum absolute atomic E-state index is 13.2. The Morgan fingerprint density at radius 1 is 0.420 bits per heavy atom. The number of amides is 3. The van der Waals surface area contributed by atoms with Gasteiger partial charge < -0.3 is 38.1 Å². The van der Waals surface area contributed by atoms with Crippen LogP contribution >= 0.6 is 0 Å². The van der Waals surface area contributed by atoms with Crippen molar-refractivity contribution in [1.29, 1.82) is 0 Å². The SMILES string of the molecule is CC.CC.Cc1ccc(N)cc1C(=O)NC1(c2cccc3ccccc23)CC1.Cc1ccc(N)cc1C(=O)NC1(c2cccc3ccccc23)CCC1.Cc1ccc(NC2CNC2)cc1C(=O)NC1(c2cccc3ccccc23)CC1. The Hall–Kier alpha value is -8.47. The first kappa shape index (κ1) is 57.2. The number of benzene rings is 9. The van der Waals surface area contributed by atoms with E-state index in [4.69, 9.17) is 11.5 Å². The van der Waals surface area contributed by atoms with E-state index in [1.807, 2.05) is 103 Å². The van der Waals surface area contributed by atoms with Crippen molar-refractivity contribution in [2.24, 2.45) is 0 Å². The molecule has 0 atom stereocenters. The number of nitrogen functional groups attached to an aromatic ring is 2. The first-order valence-corrected chi connectivity index (χ1v) is 29.1. The Morgan fingerprint density at radius 3 is 1.09 bits per heavy atom. The normalized spacial score (nSPS) is 15.6. The molecule has 1 heterocycles. The maximum atomic E-state index is 13.2. The van der Waals surface area contributed by atoms with Crippen molar-refractivity contribution in [2.45, 2.75) is 116 Å². The molecule has 9 aromatic rings. The van der Waals surface area contributed by atoms with Gasteiger partial charge in [0.1, 0.15) is 0 Å². The Bertz CT molecular complexity index is 3700. The van der Waals surface area contributed by atoms with Gasteiger partial charge in [0.25, 0.3) is 17.7 Å². The fourth-order valence-corrected chi connectivity index (χ4v) is 11.3. The largest absolute Gasteiger partial charge is 0.399 e. The average Bonchev–Trinajstić information content (AvgIpc) is 4.52. The van der Waals surface area contributed by atoms with Gasteiger partial charge in [-0.25, -0.2) is 0 Å². The molecule has 81 heavy (non-hydrogen) atoms. The lowest BCUT2D eigenvalue weighted by atomic mass is 9.70. The van der Waals surface area contributed by atoms with E-state index in [-0.39, 0.29) is 34.3 Å². The standard InChI is InChI=1S/C24H25N3O.C22H22N2O.C21H20N2O.2C2H6/c1-16-9-10-18(26-19-14-25-15-19)13-21(16)23(28)27-24(11-12-24)22-8-4-6-17-5-2-3-7-20(17)22;1-15-10-11-17(23)14-19(15)21(25)24-22(12-5-13-22)20-9-4-7-16-6-2-3-8-18(16)20;1-14-9-10-16(22)13-18(14)20(24)23-21(11-12-21)19-8-4-6-15-5-2-3-7-17(15)19;2*1-2/h2-10,13,19,25-26H,11-12,14-15H2,1H3,(H,27,28);2-4,6-11,14H,5,12-13,23H2,1H3,(H,24,25);2-10,13H,11-12,22H2,1H3,(H,23,24);2*1-2H3. The van der Waals surface area contributed by atoms with Crippen LogP contribution in [0.15, 0.2) is 182 Å². The van der Waals surface area contributed by atoms with Gasteiger partial charge >= 0.3 is 0 Å². The monoisotopic (exact) mass is 1080 g/mol. The van der Waals surface area contributed by atoms with Crippen LogP contribution < -0.4 is 38.1 Å². The van der Waals surface area contributed by atoms with E-state index < -0.39 is 0 Å². The molecule has 3 saturated carbocycles. The van der Waals surface area contributed by atoms with Gasteiger partial charge in [-0.2, -0.15) is 0 Å². The van der Waals surface area contributed by atoms with E-state index >= 15 is 0 Å². The number of hydrogen-bond acceptors (Lipinski definition) is 7. The van der Waals surface area contributed by atoms with Gasteiger partial charge in [0, 0.05) is 46.8 Å². The Morgan fingerprint density at radius 2 is 0.753 bits per heavy atom. The number of carbonyl (C=O) groups excluding carboxylic acids is 3. The van der Waals surface area contributed by atoms with Crippen LogP contribution in [0.1, 0.15) is 137 Å². The Labute approximate surface area is 478 Å². The number of nitrogens with two attached hydrogens (primary N) is 2. The Kier molecular flexibility index (Phi) is 17.6. The van der Waals surface area contributed by atoms with Gasteiger partial charge in [-0.05, 0) is 168 Å². The molecule has 416 valence electrons. The molecule has 3 amide bonds. The summed E-state index contributed by atoms with van der Waals surface area (Å²) >= 11 is 0. The second-order valence-corrected chi connectivity index (χ2v) is 21.7. The van der Waals surface area contributed by atoms with E-state index in [1.165, 1.54) is 49.0 Å². The summed E-state index contributed by atoms with van der Waals surface area (Å²) in [6, 6.07) is 61.6. The van der Waals surface area contributed by atoms with Crippen LogP contribution in [-0.4, -0.2) is 36.9 Å². The summed E-state index contributed by atoms with van der Waals surface area (Å²) in [5.41, 5.74) is 21.8. The molecular weight excluding hydrogens is 999 g/mol. The second-order valence-electron chi connectivity index (χ2n) is 21.7. The highest BCUT2D eigenvalue weighted by Gasteiger charge is 2.48. The first-order valence-electron chi connectivity index (χ1n) is 29.1. The van der Waals surface area contributed by atoms with Crippen LogP contribution in [0.3, 0.4) is 0 Å². The zero-order valence-electron chi connectivity index (χ0n) is 48.1. The lowest BCUT2D eigenvalue weighted by molar-refractivity contribution is 0.0823. The molecule has 1 saturated heterocycles. The van der Waals surface area contributed by atoms with E-state index in [9.17, 15) is 14.4 Å². The Balaban J connectivity index is 0.000000143. The summed E-state index contributed by atoms with van der Waals surface area (Å²) in [4.78, 5) is 39.0. The van der Waals surface area contributed by atoms with E-state index in [0.29, 0.717) is 28.5 Å². The lowest BCUT2D eigenvalue weighted by Gasteiger charge is -2.44. The minimum atomic E-state index is -0.283.